The summed E-state index contributed by atoms with van der Waals surface area (Å²) in [5.41, 5.74) is 11.0. The molecule has 6 heterocycles. The number of halogens is 3. The van der Waals surface area contributed by atoms with Gasteiger partial charge in [-0.3, -0.25) is 62.4 Å². The van der Waals surface area contributed by atoms with E-state index in [1.807, 2.05) is 152 Å². The number of amides is 1. The molecule has 12 aromatic rings. The molecule has 0 spiro atoms. The topological polar surface area (TPSA) is 396 Å². The summed E-state index contributed by atoms with van der Waals surface area (Å²) in [7, 11) is -12.8. The third-order valence-electron chi connectivity index (χ3n) is 17.2. The summed E-state index contributed by atoms with van der Waals surface area (Å²) in [4.78, 5) is 94.9. The van der Waals surface area contributed by atoms with Crippen molar-refractivity contribution in [3.63, 3.8) is 0 Å². The van der Waals surface area contributed by atoms with Gasteiger partial charge in [0.1, 0.15) is 40.0 Å². The quantitative estimate of drug-likeness (QED) is 0.0274. The summed E-state index contributed by atoms with van der Waals surface area (Å²) in [6.07, 6.45) is 9.74. The Labute approximate surface area is 724 Å². The molecule has 5 aromatic heterocycles. The molecular weight excluding hydrogens is 1640 g/mol. The standard InChI is InChI=1S/C18H16N4O4S.C15H11NO.2C13H11NO.C11H11NO2.C11H8O4S.C6H7F3N2.C2H6O3S.Na/c1-12-16-17(20-11-19-12)22(18(21-16)27(23,24)25)9-10-26-15-8-4-6-13-5-2-3-7-14(13)15;1-12(17)15-9-14(10-16-11-15)8-7-13-5-3-2-4-6-13;1-10(15)12-7-13(9-14-8-12)11-5-3-2-4-6-11;1-10(15)12-7-8-13(14-9-12)11-5-3-2-4-6-11;1-7(13)12-9-3-4-10-8(6-9)2-5-11(10)14;1-7-6-10(16(13,14)15)8-4-2-3-5-9(8)11(7)12;7-6(8,9)5-1-2-10-3-4-11-5;1-2-6(3,4)5;/h2-8,11H,9-10H2,1H3,(H,23,24,25);2-6,9-11H,1H3;2*2-9H,1H3;3-4,6H,2,5H2,1H3,(H,12,13);2-6H,1H2,(H,13,14,15);1-2,11H,3-4H2;2H2,1H3,(H,3,4,5);/q;;;;;;;;+1/p-1. The molecule has 0 atom stereocenters. The molecule has 7 aromatic carbocycles. The number of benzene rings is 7. The van der Waals surface area contributed by atoms with Gasteiger partial charge >= 0.3 is 45.9 Å². The third kappa shape index (κ3) is 29.6. The average molecular weight is 1720 g/mol. The monoisotopic (exact) mass is 1720 g/mol. The number of anilines is 1. The summed E-state index contributed by atoms with van der Waals surface area (Å²) in [6, 6.07) is 61.8. The zero-order valence-electron chi connectivity index (χ0n) is 67.0. The van der Waals surface area contributed by atoms with Crippen LogP contribution in [-0.4, -0.2) is 146 Å². The first kappa shape index (κ1) is 96.3. The van der Waals surface area contributed by atoms with Crippen LogP contribution in [0.15, 0.2) is 278 Å². The van der Waals surface area contributed by atoms with Gasteiger partial charge in [-0.05, 0) is 130 Å². The summed E-state index contributed by atoms with van der Waals surface area (Å²) >= 11 is 0. The molecule has 33 heteroatoms. The number of aliphatic imine (C=N–C) groups is 1. The number of imidazole rings is 1. The van der Waals surface area contributed by atoms with E-state index in [0.29, 0.717) is 52.3 Å². The van der Waals surface area contributed by atoms with E-state index in [0.717, 1.165) is 79.7 Å². The van der Waals surface area contributed by atoms with E-state index in [1.54, 1.807) is 88.2 Å². The third-order valence-corrected chi connectivity index (χ3v) is 19.6. The smallest absolute Gasteiger partial charge is 0.744 e. The molecule has 0 radical (unpaired) electrons. The second-order valence-electron chi connectivity index (χ2n) is 26.1. The van der Waals surface area contributed by atoms with E-state index in [4.69, 9.17) is 9.29 Å². The summed E-state index contributed by atoms with van der Waals surface area (Å²) in [5, 5.41) is 6.47. The SMILES string of the molecule is C=C1C=C(S(=O)(=O)[O-])c2ccccc2C1=O.CC(=O)Nc1ccc2c(c1)CCC2=O.CC(=O)c1ccc(-c2ccccc2)nc1.CC(=O)c1cncc(-c2ccccc2)c1.CC(=O)c1cncc(C#Cc2ccccc2)c1.CCS(=O)(=O)O.Cc1ncnc2c1nc(S(=O)(=O)O)n2CCOc1cccc2ccccc12.FC(F)(F)C1=CC=NCCN1.[Na+]. The average Bonchev–Trinajstić information content (AvgIpc) is 1.50. The van der Waals surface area contributed by atoms with E-state index in [1.165, 1.54) is 50.0 Å². The number of Topliss-reactive ketones (excluding diaryl/α,β-unsaturated/α-hetero) is 5. The van der Waals surface area contributed by atoms with Crippen LogP contribution in [0.2, 0.25) is 0 Å². The number of fused-ring (bicyclic) bond motifs is 4. The zero-order chi connectivity index (χ0) is 88.0. The van der Waals surface area contributed by atoms with Gasteiger partial charge in [-0.25, -0.2) is 23.4 Å². The number of ether oxygens (including phenoxy) is 1. The van der Waals surface area contributed by atoms with Gasteiger partial charge in [0.15, 0.2) is 34.6 Å². The van der Waals surface area contributed by atoms with E-state index < -0.39 is 52.3 Å². The van der Waals surface area contributed by atoms with Gasteiger partial charge in [-0.1, -0.05) is 158 Å². The van der Waals surface area contributed by atoms with Crippen molar-refractivity contribution in [1.82, 2.24) is 39.8 Å². The Morgan fingerprint density at radius 2 is 1.23 bits per heavy atom. The van der Waals surface area contributed by atoms with Crippen molar-refractivity contribution in [2.75, 3.05) is 30.8 Å². The maximum Gasteiger partial charge on any atom is 1.00 e. The minimum Gasteiger partial charge on any atom is -0.744 e. The van der Waals surface area contributed by atoms with Gasteiger partial charge in [0.25, 0.3) is 15.3 Å². The van der Waals surface area contributed by atoms with E-state index in [2.05, 4.69) is 63.9 Å². The minimum atomic E-state index is -4.60. The molecular formula is C89H80F3N10NaO16S3. The normalized spacial score (nSPS) is 12.3. The molecule has 26 nitrogen and oxygen atoms in total. The van der Waals surface area contributed by atoms with Crippen LogP contribution < -0.4 is 44.9 Å². The molecule has 1 amide bonds. The number of carbonyl (C=O) groups is 6. The Bertz CT molecular complexity index is 6300. The van der Waals surface area contributed by atoms with Gasteiger partial charge in [0.05, 0.1) is 35.1 Å². The van der Waals surface area contributed by atoms with Crippen LogP contribution in [0.25, 0.3) is 49.2 Å². The number of hydrogen-bond acceptors (Lipinski definition) is 22. The first-order valence-corrected chi connectivity index (χ1v) is 41.2. The number of carbonyl (C=O) groups excluding carboxylic acids is 6. The van der Waals surface area contributed by atoms with E-state index in [9.17, 15) is 76.3 Å². The Morgan fingerprint density at radius 1 is 0.639 bits per heavy atom. The number of nitrogens with one attached hydrogen (secondary N) is 2. The summed E-state index contributed by atoms with van der Waals surface area (Å²) < 4.78 is 136. The molecule has 0 bridgehead atoms. The maximum atomic E-state index is 11.9. The molecule has 4 N–H and O–H groups in total. The number of aryl methyl sites for hydroxylation is 2. The molecule has 15 rings (SSSR count). The maximum absolute atomic E-state index is 11.9. The van der Waals surface area contributed by atoms with E-state index in [-0.39, 0.29) is 107 Å². The predicted molar refractivity (Wildman–Crippen MR) is 454 cm³/mol. The molecule has 0 saturated heterocycles. The van der Waals surface area contributed by atoms with Crippen LogP contribution in [0, 0.1) is 18.8 Å². The molecule has 3 aliphatic rings. The van der Waals surface area contributed by atoms with Crippen LogP contribution in [0.1, 0.15) is 121 Å². The van der Waals surface area contributed by atoms with Crippen molar-refractivity contribution < 1.29 is 115 Å². The van der Waals surface area contributed by atoms with Crippen molar-refractivity contribution in [2.24, 2.45) is 4.99 Å². The van der Waals surface area contributed by atoms with Gasteiger partial charge in [0, 0.05) is 129 Å². The number of allylic oxidation sites excluding steroid dienone is 4. The first-order chi connectivity index (χ1) is 57.5. The van der Waals surface area contributed by atoms with E-state index >= 15 is 0 Å². The molecule has 622 valence electrons. The van der Waals surface area contributed by atoms with Crippen molar-refractivity contribution in [1.29, 1.82) is 0 Å². The molecule has 0 saturated carbocycles. The van der Waals surface area contributed by atoms with Crippen LogP contribution in [0.4, 0.5) is 18.9 Å². The van der Waals surface area contributed by atoms with Crippen LogP contribution in [0.3, 0.4) is 0 Å². The fraction of sp³-hybridized carbons (Fsp3) is 0.157. The Balaban J connectivity index is 0.000000196. The van der Waals surface area contributed by atoms with Crippen LogP contribution >= 0.6 is 0 Å². The summed E-state index contributed by atoms with van der Waals surface area (Å²) in [5.74, 6) is 6.35. The zero-order valence-corrected chi connectivity index (χ0v) is 71.4. The van der Waals surface area contributed by atoms with Crippen molar-refractivity contribution in [3.8, 4) is 40.0 Å². The van der Waals surface area contributed by atoms with Gasteiger partial charge < -0.3 is 19.9 Å². The number of aromatic nitrogens is 7. The Kier molecular flexibility index (Phi) is 36.0. The first-order valence-electron chi connectivity index (χ1n) is 36.7. The van der Waals surface area contributed by atoms with Crippen molar-refractivity contribution in [2.45, 2.75) is 72.3 Å². The predicted octanol–water partition coefficient (Wildman–Crippen LogP) is 12.3. The molecule has 122 heavy (non-hydrogen) atoms. The number of rotatable bonds is 13. The second kappa shape index (κ2) is 45.6. The Morgan fingerprint density at radius 3 is 1.84 bits per heavy atom. The Hall–Kier alpha value is -12.8. The van der Waals surface area contributed by atoms with Gasteiger partial charge in [0.2, 0.25) is 5.91 Å². The van der Waals surface area contributed by atoms with Gasteiger partial charge in [-0.15, -0.1) is 0 Å². The fourth-order valence-electron chi connectivity index (χ4n) is 11.2. The molecule has 2 aliphatic carbocycles. The van der Waals surface area contributed by atoms with Gasteiger partial charge in [-0.2, -0.15) is 30.0 Å². The fourth-order valence-corrected chi connectivity index (χ4v) is 12.6. The largest absolute Gasteiger partial charge is 1.00 e. The molecule has 1 aliphatic heterocycles. The molecule has 0 fully saturated rings. The number of hydrogen-bond donors (Lipinski definition) is 4. The van der Waals surface area contributed by atoms with Crippen molar-refractivity contribution >= 4 is 104 Å². The number of nitrogens with zero attached hydrogens (tertiary/aromatic N) is 8. The van der Waals surface area contributed by atoms with Crippen LogP contribution in [0.5, 0.6) is 5.75 Å². The van der Waals surface area contributed by atoms with Crippen LogP contribution in [-0.2, 0) is 48.1 Å². The second-order valence-corrected chi connectivity index (χ2v) is 30.5. The minimum absolute atomic E-state index is 0. The molecule has 0 unspecified atom stereocenters. The number of pyridine rings is 3. The summed E-state index contributed by atoms with van der Waals surface area (Å²) in [6.45, 7) is 13.5. The number of alkyl halides is 3. The van der Waals surface area contributed by atoms with Crippen molar-refractivity contribution in [3.05, 3.63) is 323 Å². The number of ketones is 5.